The standard InChI is InChI=1S/C54H57N3O10Si/c1-54(2,3)68(41-25-13-7-14-26-41,42-27-15-8-16-28-42)63-35-43-45(60-32-36-19-9-5-10-20-36)46(61-34-38-29-30-39-23-17-18-24-40(39)31-38)44(56-57-55)52(64-43)66-48-47(62-33-37-21-11-6-12-22-37)50-53(59-4)67-49(48)51(58)65-50/h5-31,43-50,52-53H,32-35H2,1-4H3/t43-,44-,45-,46-,47+,48+,49-,50-,52-,53-/m1/s1. The quantitative estimate of drug-likeness (QED) is 0.0270. The summed E-state index contributed by atoms with van der Waals surface area (Å²) in [5, 5.41) is 8.30. The molecule has 68 heavy (non-hydrogen) atoms. The predicted octanol–water partition coefficient (Wildman–Crippen LogP) is 8.56. The number of azide groups is 1. The smallest absolute Gasteiger partial charge is 0.338 e. The third-order valence-electron chi connectivity index (χ3n) is 13.0. The van der Waals surface area contributed by atoms with Crippen LogP contribution in [0.4, 0.5) is 0 Å². The number of ether oxygens (including phenoxy) is 8. The summed E-state index contributed by atoms with van der Waals surface area (Å²) in [4.78, 5) is 16.9. The number of benzene rings is 6. The molecule has 6 aromatic carbocycles. The van der Waals surface area contributed by atoms with Crippen molar-refractivity contribution in [3.8, 4) is 0 Å². The molecule has 4 aliphatic rings. The molecule has 4 aliphatic heterocycles. The number of fused-ring (bicyclic) bond motifs is 4. The number of carbonyl (C=O) groups excluding carboxylic acids is 1. The Bertz CT molecular complexity index is 2600. The van der Waals surface area contributed by atoms with Crippen molar-refractivity contribution in [2.45, 2.75) is 107 Å². The summed E-state index contributed by atoms with van der Waals surface area (Å²) >= 11 is 0. The lowest BCUT2D eigenvalue weighted by molar-refractivity contribution is -0.366. The molecule has 6 aromatic rings. The van der Waals surface area contributed by atoms with E-state index < -0.39 is 75.6 Å². The number of hydrogen-bond acceptors (Lipinski definition) is 11. The molecule has 10 rings (SSSR count). The molecule has 4 heterocycles. The fourth-order valence-electron chi connectivity index (χ4n) is 9.75. The molecule has 4 fully saturated rings. The van der Waals surface area contributed by atoms with Crippen LogP contribution in [-0.2, 0) is 66.9 Å². The molecule has 2 bridgehead atoms. The van der Waals surface area contributed by atoms with Gasteiger partial charge in [-0.05, 0) is 54.5 Å². The zero-order valence-corrected chi connectivity index (χ0v) is 39.6. The van der Waals surface area contributed by atoms with E-state index in [0.29, 0.717) is 0 Å². The lowest BCUT2D eigenvalue weighted by Gasteiger charge is -2.51. The van der Waals surface area contributed by atoms with Crippen molar-refractivity contribution in [3.63, 3.8) is 0 Å². The lowest BCUT2D eigenvalue weighted by Crippen LogP contribution is -2.71. The molecule has 10 atom stereocenters. The van der Waals surface area contributed by atoms with Crippen molar-refractivity contribution >= 4 is 35.4 Å². The van der Waals surface area contributed by atoms with E-state index in [1.807, 2.05) is 115 Å². The molecule has 0 radical (unpaired) electrons. The normalized spacial score (nSPS) is 26.0. The third kappa shape index (κ3) is 10.0. The number of esters is 1. The van der Waals surface area contributed by atoms with Crippen molar-refractivity contribution in [2.75, 3.05) is 13.7 Å². The van der Waals surface area contributed by atoms with E-state index >= 15 is 0 Å². The summed E-state index contributed by atoms with van der Waals surface area (Å²) in [5.74, 6) is -0.635. The summed E-state index contributed by atoms with van der Waals surface area (Å²) in [6.45, 7) is 7.16. The topological polar surface area (TPSA) is 149 Å². The van der Waals surface area contributed by atoms with Crippen LogP contribution in [-0.4, -0.2) is 89.4 Å². The largest absolute Gasteiger partial charge is 0.452 e. The van der Waals surface area contributed by atoms with Crippen LogP contribution in [0.25, 0.3) is 21.2 Å². The minimum absolute atomic E-state index is 0.0281. The van der Waals surface area contributed by atoms with Gasteiger partial charge in [-0.15, -0.1) is 0 Å². The van der Waals surface area contributed by atoms with Crippen LogP contribution in [0, 0.1) is 0 Å². The molecule has 4 saturated heterocycles. The van der Waals surface area contributed by atoms with Gasteiger partial charge in [-0.2, -0.15) is 0 Å². The molecule has 0 unspecified atom stereocenters. The summed E-state index contributed by atoms with van der Waals surface area (Å²) in [6.07, 6.45) is -9.14. The van der Waals surface area contributed by atoms with E-state index in [4.69, 9.17) is 42.3 Å². The van der Waals surface area contributed by atoms with E-state index in [2.05, 4.69) is 79.3 Å². The minimum atomic E-state index is -3.17. The number of hydrogen-bond donors (Lipinski definition) is 0. The van der Waals surface area contributed by atoms with E-state index in [0.717, 1.165) is 37.8 Å². The van der Waals surface area contributed by atoms with Crippen LogP contribution in [0.15, 0.2) is 169 Å². The molecule has 0 amide bonds. The first-order valence-corrected chi connectivity index (χ1v) is 25.0. The first-order chi connectivity index (χ1) is 33.2. The Kier molecular flexibility index (Phi) is 14.8. The van der Waals surface area contributed by atoms with Crippen molar-refractivity contribution in [1.82, 2.24) is 0 Å². The SMILES string of the molecule is CO[C@@H]1O[C@H]2C(=O)O[C@@H]1[C@@H](OCc1ccccc1)[C@@H]2O[C@H]1O[C@H](CO[Si](c2ccccc2)(c2ccccc2)C(C)(C)C)[C@@H](OCc2ccccc2)[C@H](OCc2ccc3ccccc3c2)[C@H]1N=[N+]=[N-]. The highest BCUT2D eigenvalue weighted by Gasteiger charge is 2.60. The van der Waals surface area contributed by atoms with Crippen LogP contribution < -0.4 is 10.4 Å². The van der Waals surface area contributed by atoms with Gasteiger partial charge in [0.2, 0.25) is 0 Å². The second-order valence-electron chi connectivity index (χ2n) is 18.4. The zero-order chi connectivity index (χ0) is 47.1. The van der Waals surface area contributed by atoms with E-state index in [1.165, 1.54) is 7.11 Å². The average molecular weight is 936 g/mol. The number of methoxy groups -OCH3 is 1. The van der Waals surface area contributed by atoms with Gasteiger partial charge < -0.3 is 42.3 Å². The highest BCUT2D eigenvalue weighted by Crippen LogP contribution is 2.41. The first kappa shape index (κ1) is 47.3. The summed E-state index contributed by atoms with van der Waals surface area (Å²) in [5.41, 5.74) is 13.1. The van der Waals surface area contributed by atoms with Gasteiger partial charge >= 0.3 is 5.97 Å². The first-order valence-electron chi connectivity index (χ1n) is 23.1. The molecule has 0 N–H and O–H groups in total. The van der Waals surface area contributed by atoms with Crippen LogP contribution >= 0.6 is 0 Å². The predicted molar refractivity (Wildman–Crippen MR) is 258 cm³/mol. The highest BCUT2D eigenvalue weighted by atomic mass is 28.4. The van der Waals surface area contributed by atoms with E-state index in [-0.39, 0.29) is 31.5 Å². The van der Waals surface area contributed by atoms with Crippen LogP contribution in [0.1, 0.15) is 37.5 Å². The molecular formula is C54H57N3O10Si. The Morgan fingerprint density at radius 1 is 0.618 bits per heavy atom. The minimum Gasteiger partial charge on any atom is -0.452 e. The van der Waals surface area contributed by atoms with Gasteiger partial charge in [-0.3, -0.25) is 0 Å². The molecule has 0 spiro atoms. The van der Waals surface area contributed by atoms with Crippen molar-refractivity contribution in [2.24, 2.45) is 5.11 Å². The van der Waals surface area contributed by atoms with Gasteiger partial charge in [0.05, 0.1) is 26.4 Å². The number of rotatable bonds is 18. The Morgan fingerprint density at radius 2 is 1.16 bits per heavy atom. The Hall–Kier alpha value is -5.74. The monoisotopic (exact) mass is 935 g/mol. The maximum Gasteiger partial charge on any atom is 0.338 e. The van der Waals surface area contributed by atoms with E-state index in [9.17, 15) is 10.3 Å². The summed E-state index contributed by atoms with van der Waals surface area (Å²) in [7, 11) is -1.69. The van der Waals surface area contributed by atoms with Gasteiger partial charge in [0.25, 0.3) is 8.32 Å². The van der Waals surface area contributed by atoms with Crippen LogP contribution in [0.2, 0.25) is 5.04 Å². The Balaban J connectivity index is 1.13. The summed E-state index contributed by atoms with van der Waals surface area (Å²) < 4.78 is 59.8. The fraction of sp³-hybridized carbons (Fsp3) is 0.352. The van der Waals surface area contributed by atoms with Gasteiger partial charge in [0, 0.05) is 12.0 Å². The second kappa shape index (κ2) is 21.3. The molecular weight excluding hydrogens is 879 g/mol. The number of carbonyl (C=O) groups is 1. The zero-order valence-electron chi connectivity index (χ0n) is 38.6. The Labute approximate surface area is 397 Å². The van der Waals surface area contributed by atoms with E-state index in [1.54, 1.807) is 0 Å². The van der Waals surface area contributed by atoms with Crippen LogP contribution in [0.3, 0.4) is 0 Å². The van der Waals surface area contributed by atoms with Gasteiger partial charge in [0.1, 0.15) is 36.6 Å². The highest BCUT2D eigenvalue weighted by molar-refractivity contribution is 6.99. The van der Waals surface area contributed by atoms with Gasteiger partial charge in [0.15, 0.2) is 24.8 Å². The number of nitrogens with zero attached hydrogens (tertiary/aromatic N) is 3. The fourth-order valence-corrected chi connectivity index (χ4v) is 14.3. The third-order valence-corrected chi connectivity index (χ3v) is 18.0. The maximum absolute atomic E-state index is 13.6. The molecule has 13 nitrogen and oxygen atoms in total. The lowest BCUT2D eigenvalue weighted by atomic mass is 9.93. The molecule has 14 heteroatoms. The van der Waals surface area contributed by atoms with Gasteiger partial charge in [-0.25, -0.2) is 4.79 Å². The average Bonchev–Trinajstić information content (AvgIpc) is 3.36. The summed E-state index contributed by atoms with van der Waals surface area (Å²) in [6, 6.07) is 53.3. The molecule has 0 saturated carbocycles. The van der Waals surface area contributed by atoms with Crippen molar-refractivity contribution in [3.05, 3.63) is 191 Å². The van der Waals surface area contributed by atoms with Crippen LogP contribution in [0.5, 0.6) is 0 Å². The van der Waals surface area contributed by atoms with Crippen molar-refractivity contribution < 1.29 is 47.1 Å². The molecule has 0 aliphatic carbocycles. The van der Waals surface area contributed by atoms with Gasteiger partial charge in [-0.1, -0.05) is 184 Å². The Morgan fingerprint density at radius 3 is 1.75 bits per heavy atom. The molecule has 352 valence electrons. The van der Waals surface area contributed by atoms with Crippen molar-refractivity contribution in [1.29, 1.82) is 0 Å². The molecule has 0 aromatic heterocycles. The second-order valence-corrected chi connectivity index (χ2v) is 22.7. The maximum atomic E-state index is 13.6.